The summed E-state index contributed by atoms with van der Waals surface area (Å²) < 4.78 is 5.15. The summed E-state index contributed by atoms with van der Waals surface area (Å²) in [5.41, 5.74) is 4.17. The maximum Gasteiger partial charge on any atom is 0.407 e. The van der Waals surface area contributed by atoms with E-state index in [-0.39, 0.29) is 11.4 Å². The minimum Gasteiger partial charge on any atom is -0.450 e. The summed E-state index contributed by atoms with van der Waals surface area (Å²) in [5.74, 6) is -0.0661. The number of hydrogen-bond acceptors (Lipinski definition) is 3. The number of aromatic nitrogens is 1. The van der Waals surface area contributed by atoms with Gasteiger partial charge in [0.2, 0.25) is 0 Å². The van der Waals surface area contributed by atoms with Gasteiger partial charge in [-0.15, -0.1) is 0 Å². The first-order valence-electron chi connectivity index (χ1n) is 12.3. The summed E-state index contributed by atoms with van der Waals surface area (Å²) in [6.45, 7) is 4.77. The molecule has 1 heterocycles. The first kappa shape index (κ1) is 23.0. The zero-order valence-corrected chi connectivity index (χ0v) is 20.2. The van der Waals surface area contributed by atoms with E-state index in [2.05, 4.69) is 52.9 Å². The van der Waals surface area contributed by atoms with Gasteiger partial charge in [-0.2, -0.15) is 0 Å². The first-order valence-corrected chi connectivity index (χ1v) is 12.3. The SMILES string of the molecule is CCCCOC(=O)NCc1cc2cc(C)c(C(=O)NC3(c4cccc5ccccc45)CC3)cc2[nH]1. The van der Waals surface area contributed by atoms with E-state index >= 15 is 0 Å². The minimum atomic E-state index is -0.420. The Morgan fingerprint density at radius 3 is 2.63 bits per heavy atom. The van der Waals surface area contributed by atoms with Crippen LogP contribution < -0.4 is 10.6 Å². The Morgan fingerprint density at radius 2 is 1.83 bits per heavy atom. The van der Waals surface area contributed by atoms with Gasteiger partial charge in [-0.05, 0) is 66.3 Å². The number of fused-ring (bicyclic) bond motifs is 2. The highest BCUT2D eigenvalue weighted by molar-refractivity contribution is 6.01. The van der Waals surface area contributed by atoms with Crippen molar-refractivity contribution < 1.29 is 14.3 Å². The summed E-state index contributed by atoms with van der Waals surface area (Å²) in [6.07, 6.45) is 3.28. The van der Waals surface area contributed by atoms with Crippen LogP contribution in [-0.2, 0) is 16.8 Å². The Labute approximate surface area is 205 Å². The molecule has 0 spiro atoms. The van der Waals surface area contributed by atoms with Crippen molar-refractivity contribution in [3.8, 4) is 0 Å². The van der Waals surface area contributed by atoms with Gasteiger partial charge in [0.25, 0.3) is 5.91 Å². The molecule has 0 unspecified atom stereocenters. The molecule has 0 bridgehead atoms. The van der Waals surface area contributed by atoms with E-state index in [9.17, 15) is 9.59 Å². The van der Waals surface area contributed by atoms with Crippen LogP contribution in [0.15, 0.2) is 60.7 Å². The quantitative estimate of drug-likeness (QED) is 0.274. The molecule has 6 nitrogen and oxygen atoms in total. The van der Waals surface area contributed by atoms with Crippen molar-refractivity contribution in [2.45, 2.75) is 51.6 Å². The van der Waals surface area contributed by atoms with Crippen molar-refractivity contribution in [2.24, 2.45) is 0 Å². The highest BCUT2D eigenvalue weighted by atomic mass is 16.5. The molecule has 180 valence electrons. The molecule has 35 heavy (non-hydrogen) atoms. The molecule has 2 amide bonds. The Balaban J connectivity index is 1.33. The summed E-state index contributed by atoms with van der Waals surface area (Å²) in [6, 6.07) is 20.5. The molecule has 0 radical (unpaired) electrons. The zero-order valence-electron chi connectivity index (χ0n) is 20.2. The zero-order chi connectivity index (χ0) is 24.4. The van der Waals surface area contributed by atoms with E-state index in [0.717, 1.165) is 47.8 Å². The normalized spacial score (nSPS) is 14.1. The predicted octanol–water partition coefficient (Wildman–Crippen LogP) is 6.07. The van der Waals surface area contributed by atoms with Gasteiger partial charge in [0.1, 0.15) is 0 Å². The van der Waals surface area contributed by atoms with Crippen LogP contribution in [0.2, 0.25) is 0 Å². The number of aryl methyl sites for hydroxylation is 1. The molecule has 3 aromatic carbocycles. The maximum absolute atomic E-state index is 13.4. The van der Waals surface area contributed by atoms with E-state index in [0.29, 0.717) is 18.7 Å². The summed E-state index contributed by atoms with van der Waals surface area (Å²) in [4.78, 5) is 28.6. The van der Waals surface area contributed by atoms with Crippen LogP contribution in [0.25, 0.3) is 21.7 Å². The highest BCUT2D eigenvalue weighted by Crippen LogP contribution is 2.48. The van der Waals surface area contributed by atoms with Gasteiger partial charge in [-0.1, -0.05) is 55.8 Å². The van der Waals surface area contributed by atoms with E-state index in [1.807, 2.05) is 37.3 Å². The standard InChI is InChI=1S/C29H31N3O3/c1-3-4-14-35-28(34)30-18-22-16-21-15-19(2)24(17-26(21)31-22)27(33)32-29(12-13-29)25-11-7-9-20-8-5-6-10-23(20)25/h5-11,15-17,31H,3-4,12-14,18H2,1-2H3,(H,30,34)(H,32,33). The molecule has 1 aromatic heterocycles. The second-order valence-corrected chi connectivity index (χ2v) is 9.45. The summed E-state index contributed by atoms with van der Waals surface area (Å²) >= 11 is 0. The Morgan fingerprint density at radius 1 is 1.03 bits per heavy atom. The molecule has 5 rings (SSSR count). The lowest BCUT2D eigenvalue weighted by molar-refractivity contribution is 0.0930. The van der Waals surface area contributed by atoms with Crippen LogP contribution in [0.5, 0.6) is 0 Å². The topological polar surface area (TPSA) is 83.2 Å². The van der Waals surface area contributed by atoms with Crippen LogP contribution in [0.3, 0.4) is 0 Å². The molecule has 0 saturated heterocycles. The number of ether oxygens (including phenoxy) is 1. The van der Waals surface area contributed by atoms with Crippen molar-refractivity contribution in [3.05, 3.63) is 83.0 Å². The van der Waals surface area contributed by atoms with Crippen LogP contribution in [0.1, 0.15) is 59.8 Å². The van der Waals surface area contributed by atoms with Gasteiger partial charge in [-0.3, -0.25) is 4.79 Å². The van der Waals surface area contributed by atoms with E-state index in [4.69, 9.17) is 4.74 Å². The number of H-pyrrole nitrogens is 1. The average Bonchev–Trinajstić information content (AvgIpc) is 3.52. The predicted molar refractivity (Wildman–Crippen MR) is 138 cm³/mol. The Kier molecular flexibility index (Phi) is 6.20. The molecule has 0 aliphatic heterocycles. The van der Waals surface area contributed by atoms with E-state index in [1.165, 1.54) is 16.3 Å². The van der Waals surface area contributed by atoms with Gasteiger partial charge < -0.3 is 20.4 Å². The van der Waals surface area contributed by atoms with E-state index < -0.39 is 6.09 Å². The fourth-order valence-electron chi connectivity index (χ4n) is 4.74. The molecule has 4 aromatic rings. The fourth-order valence-corrected chi connectivity index (χ4v) is 4.74. The fraction of sp³-hybridized carbons (Fsp3) is 0.310. The second-order valence-electron chi connectivity index (χ2n) is 9.45. The van der Waals surface area contributed by atoms with Gasteiger partial charge in [0.15, 0.2) is 0 Å². The molecule has 1 fully saturated rings. The van der Waals surface area contributed by atoms with Crippen LogP contribution in [0, 0.1) is 6.92 Å². The second kappa shape index (κ2) is 9.45. The number of carbonyl (C=O) groups is 2. The number of carbonyl (C=O) groups excluding carboxylic acids is 2. The third kappa shape index (κ3) is 4.74. The third-order valence-electron chi connectivity index (χ3n) is 6.83. The number of nitrogens with one attached hydrogen (secondary N) is 3. The summed E-state index contributed by atoms with van der Waals surface area (Å²) in [7, 11) is 0. The number of benzene rings is 3. The van der Waals surface area contributed by atoms with Crippen LogP contribution in [-0.4, -0.2) is 23.6 Å². The first-order chi connectivity index (χ1) is 17.0. The van der Waals surface area contributed by atoms with Gasteiger partial charge >= 0.3 is 6.09 Å². The number of hydrogen-bond donors (Lipinski definition) is 3. The molecular weight excluding hydrogens is 438 g/mol. The maximum atomic E-state index is 13.4. The lowest BCUT2D eigenvalue weighted by atomic mass is 9.96. The molecule has 6 heteroatoms. The third-order valence-corrected chi connectivity index (χ3v) is 6.83. The monoisotopic (exact) mass is 469 g/mol. The van der Waals surface area contributed by atoms with Crippen molar-refractivity contribution in [2.75, 3.05) is 6.61 Å². The number of amides is 2. The minimum absolute atomic E-state index is 0.0661. The largest absolute Gasteiger partial charge is 0.450 e. The van der Waals surface area contributed by atoms with Crippen molar-refractivity contribution in [3.63, 3.8) is 0 Å². The van der Waals surface area contributed by atoms with Crippen molar-refractivity contribution in [1.29, 1.82) is 0 Å². The lowest BCUT2D eigenvalue weighted by Crippen LogP contribution is -2.35. The lowest BCUT2D eigenvalue weighted by Gasteiger charge is -2.21. The molecule has 1 aliphatic rings. The number of aromatic amines is 1. The number of unbranched alkanes of at least 4 members (excludes halogenated alkanes) is 1. The van der Waals surface area contributed by atoms with Crippen molar-refractivity contribution in [1.82, 2.24) is 15.6 Å². The molecular formula is C29H31N3O3. The van der Waals surface area contributed by atoms with Crippen LogP contribution >= 0.6 is 0 Å². The van der Waals surface area contributed by atoms with Crippen LogP contribution in [0.4, 0.5) is 4.79 Å². The van der Waals surface area contributed by atoms with Crippen molar-refractivity contribution >= 4 is 33.7 Å². The molecule has 1 saturated carbocycles. The van der Waals surface area contributed by atoms with Gasteiger partial charge in [0.05, 0.1) is 18.7 Å². The summed E-state index contributed by atoms with van der Waals surface area (Å²) in [5, 5.41) is 9.49. The number of alkyl carbamates (subject to hydrolysis) is 1. The van der Waals surface area contributed by atoms with E-state index in [1.54, 1.807) is 0 Å². The Hall–Kier alpha value is -3.80. The molecule has 1 aliphatic carbocycles. The number of rotatable bonds is 8. The van der Waals surface area contributed by atoms with Gasteiger partial charge in [0, 0.05) is 22.2 Å². The van der Waals surface area contributed by atoms with Gasteiger partial charge in [-0.25, -0.2) is 4.79 Å². The smallest absolute Gasteiger partial charge is 0.407 e. The highest BCUT2D eigenvalue weighted by Gasteiger charge is 2.46. The molecule has 0 atom stereocenters. The molecule has 3 N–H and O–H groups in total. The Bertz CT molecular complexity index is 1400. The average molecular weight is 470 g/mol.